The van der Waals surface area contributed by atoms with Crippen LogP contribution >= 0.6 is 11.3 Å². The second-order valence-electron chi connectivity index (χ2n) is 8.58. The van der Waals surface area contributed by atoms with Crippen LogP contribution in [-0.2, 0) is 24.2 Å². The van der Waals surface area contributed by atoms with Crippen LogP contribution in [0.15, 0.2) is 59.4 Å². The van der Waals surface area contributed by atoms with Crippen molar-refractivity contribution in [3.05, 3.63) is 75.5 Å². The van der Waals surface area contributed by atoms with E-state index in [2.05, 4.69) is 10.4 Å². The summed E-state index contributed by atoms with van der Waals surface area (Å²) in [5, 5.41) is 8.38. The Balaban J connectivity index is 1.49. The van der Waals surface area contributed by atoms with E-state index >= 15 is 0 Å². The van der Waals surface area contributed by atoms with Crippen molar-refractivity contribution in [1.29, 1.82) is 0 Å². The summed E-state index contributed by atoms with van der Waals surface area (Å²) in [6.07, 6.45) is 4.14. The Morgan fingerprint density at radius 1 is 1.11 bits per heavy atom. The van der Waals surface area contributed by atoms with Crippen molar-refractivity contribution in [2.45, 2.75) is 32.2 Å². The van der Waals surface area contributed by atoms with Crippen LogP contribution in [0.5, 0.6) is 5.75 Å². The van der Waals surface area contributed by atoms with Gasteiger partial charge >= 0.3 is 5.69 Å². The first kappa shape index (κ1) is 21.5. The maximum Gasteiger partial charge on any atom is 0.352 e. The van der Waals surface area contributed by atoms with Gasteiger partial charge in [-0.3, -0.25) is 9.36 Å². The minimum atomic E-state index is -0.374. The Morgan fingerprint density at radius 3 is 2.77 bits per heavy atom. The maximum absolute atomic E-state index is 13.6. The van der Waals surface area contributed by atoms with E-state index in [1.807, 2.05) is 36.4 Å². The molecule has 1 N–H and O–H groups in total. The van der Waals surface area contributed by atoms with E-state index in [1.54, 1.807) is 36.6 Å². The van der Waals surface area contributed by atoms with Crippen molar-refractivity contribution in [3.63, 3.8) is 0 Å². The molecule has 9 heteroatoms. The lowest BCUT2D eigenvalue weighted by Crippen LogP contribution is -2.32. The van der Waals surface area contributed by atoms with Gasteiger partial charge in [-0.25, -0.2) is 9.78 Å². The number of ether oxygens (including phenoxy) is 1. The number of methoxy groups -OCH3 is 1. The lowest BCUT2D eigenvalue weighted by Gasteiger charge is -2.11. The van der Waals surface area contributed by atoms with Gasteiger partial charge in [-0.15, -0.1) is 16.4 Å². The Labute approximate surface area is 204 Å². The number of carbonyl (C=O) groups excluding carboxylic acids is 1. The van der Waals surface area contributed by atoms with Crippen LogP contribution in [0.25, 0.3) is 27.3 Å². The molecule has 3 heterocycles. The van der Waals surface area contributed by atoms with E-state index in [0.29, 0.717) is 22.9 Å². The molecule has 0 atom stereocenters. The van der Waals surface area contributed by atoms with E-state index in [1.165, 1.54) is 19.5 Å². The third-order valence-electron chi connectivity index (χ3n) is 6.33. The van der Waals surface area contributed by atoms with Gasteiger partial charge in [0.05, 0.1) is 12.5 Å². The molecule has 0 spiro atoms. The number of nitrogens with zero attached hydrogens (tertiary/aromatic N) is 4. The van der Waals surface area contributed by atoms with Crippen molar-refractivity contribution in [3.8, 4) is 17.1 Å². The van der Waals surface area contributed by atoms with E-state index in [9.17, 15) is 9.59 Å². The molecule has 1 aliphatic rings. The summed E-state index contributed by atoms with van der Waals surface area (Å²) in [4.78, 5) is 33.5. The second-order valence-corrected chi connectivity index (χ2v) is 9.66. The lowest BCUT2D eigenvalue weighted by atomic mass is 9.97. The molecule has 176 valence electrons. The lowest BCUT2D eigenvalue weighted by molar-refractivity contribution is -0.116. The molecular formula is C26H23N5O3S. The number of hydrogen-bond donors (Lipinski definition) is 1. The van der Waals surface area contributed by atoms with Gasteiger partial charge in [-0.05, 0) is 43.4 Å². The average Bonchev–Trinajstić information content (AvgIpc) is 3.49. The number of aryl methyl sites for hydroxylation is 2. The number of anilines is 1. The Morgan fingerprint density at radius 2 is 1.94 bits per heavy atom. The molecule has 3 aromatic heterocycles. The van der Waals surface area contributed by atoms with E-state index < -0.39 is 0 Å². The van der Waals surface area contributed by atoms with Gasteiger partial charge in [-0.1, -0.05) is 36.4 Å². The normalized spacial score (nSPS) is 13.2. The van der Waals surface area contributed by atoms with E-state index in [4.69, 9.17) is 9.72 Å². The molecule has 2 aromatic carbocycles. The van der Waals surface area contributed by atoms with E-state index in [-0.39, 0.29) is 18.1 Å². The molecule has 1 amide bonds. The van der Waals surface area contributed by atoms with Crippen LogP contribution in [-0.4, -0.2) is 32.2 Å². The Bertz CT molecular complexity index is 1630. The quantitative estimate of drug-likeness (QED) is 0.401. The minimum Gasteiger partial charge on any atom is -0.497 e. The molecule has 1 aliphatic carbocycles. The molecule has 8 nitrogen and oxygen atoms in total. The molecule has 0 saturated heterocycles. The zero-order valence-electron chi connectivity index (χ0n) is 19.2. The number of benzene rings is 2. The molecule has 5 aromatic rings. The number of carbonyl (C=O) groups is 1. The number of aromatic nitrogens is 4. The SMILES string of the molecule is COc1cccc(NC(=O)Cn2c(=O)n3nc(-c4ccccc4)nc3c3c4c(sc32)CCCC4)c1. The average molecular weight is 486 g/mol. The van der Waals surface area contributed by atoms with Crippen molar-refractivity contribution in [1.82, 2.24) is 19.2 Å². The third-order valence-corrected chi connectivity index (χ3v) is 7.64. The highest BCUT2D eigenvalue weighted by Gasteiger charge is 2.25. The number of thiophene rings is 1. The molecular weight excluding hydrogens is 462 g/mol. The largest absolute Gasteiger partial charge is 0.497 e. The maximum atomic E-state index is 13.6. The summed E-state index contributed by atoms with van der Waals surface area (Å²) in [5.41, 5.74) is 2.87. The molecule has 35 heavy (non-hydrogen) atoms. The number of fused-ring (bicyclic) bond motifs is 5. The van der Waals surface area contributed by atoms with Crippen LogP contribution in [0.4, 0.5) is 5.69 Å². The van der Waals surface area contributed by atoms with Crippen LogP contribution < -0.4 is 15.7 Å². The number of amides is 1. The van der Waals surface area contributed by atoms with Crippen molar-refractivity contribution in [2.24, 2.45) is 0 Å². The molecule has 0 unspecified atom stereocenters. The van der Waals surface area contributed by atoms with Crippen LogP contribution in [0, 0.1) is 0 Å². The van der Waals surface area contributed by atoms with Gasteiger partial charge in [0.1, 0.15) is 17.1 Å². The van der Waals surface area contributed by atoms with Gasteiger partial charge < -0.3 is 10.1 Å². The smallest absolute Gasteiger partial charge is 0.352 e. The second kappa shape index (κ2) is 8.66. The molecule has 0 radical (unpaired) electrons. The summed E-state index contributed by atoms with van der Waals surface area (Å²) in [7, 11) is 1.58. The highest BCUT2D eigenvalue weighted by Crippen LogP contribution is 2.38. The van der Waals surface area contributed by atoms with Crippen LogP contribution in [0.1, 0.15) is 23.3 Å². The van der Waals surface area contributed by atoms with Crippen LogP contribution in [0.2, 0.25) is 0 Å². The van der Waals surface area contributed by atoms with Crippen molar-refractivity contribution >= 4 is 38.8 Å². The molecule has 6 rings (SSSR count). The zero-order valence-corrected chi connectivity index (χ0v) is 20.0. The topological polar surface area (TPSA) is 90.5 Å². The first-order valence-corrected chi connectivity index (χ1v) is 12.4. The molecule has 0 saturated carbocycles. The first-order valence-electron chi connectivity index (χ1n) is 11.6. The monoisotopic (exact) mass is 485 g/mol. The van der Waals surface area contributed by atoms with Crippen molar-refractivity contribution in [2.75, 3.05) is 12.4 Å². The fraction of sp³-hybridized carbons (Fsp3) is 0.231. The van der Waals surface area contributed by atoms with Crippen molar-refractivity contribution < 1.29 is 9.53 Å². The highest BCUT2D eigenvalue weighted by molar-refractivity contribution is 7.19. The van der Waals surface area contributed by atoms with Gasteiger partial charge in [0.25, 0.3) is 0 Å². The summed E-state index contributed by atoms with van der Waals surface area (Å²) >= 11 is 1.60. The predicted octanol–water partition coefficient (Wildman–Crippen LogP) is 4.30. The fourth-order valence-corrected chi connectivity index (χ4v) is 6.05. The van der Waals surface area contributed by atoms with E-state index in [0.717, 1.165) is 41.5 Å². The van der Waals surface area contributed by atoms with Gasteiger partial charge in [0, 0.05) is 22.2 Å². The zero-order chi connectivity index (χ0) is 23.9. The van der Waals surface area contributed by atoms with Gasteiger partial charge in [-0.2, -0.15) is 4.52 Å². The molecule has 0 aliphatic heterocycles. The standard InChI is InChI=1S/C26H23N5O3S/c1-34-18-11-7-10-17(14-18)27-21(32)15-30-25-22(19-12-5-6-13-20(19)35-25)24-28-23(29-31(24)26(30)33)16-8-3-2-4-9-16/h2-4,7-11,14H,5-6,12-13,15H2,1H3,(H,27,32). The number of rotatable bonds is 5. The molecule has 0 bridgehead atoms. The molecule has 0 fully saturated rings. The number of nitrogens with one attached hydrogen (secondary N) is 1. The summed E-state index contributed by atoms with van der Waals surface area (Å²) in [5.74, 6) is 0.847. The van der Waals surface area contributed by atoms with Gasteiger partial charge in [0.15, 0.2) is 11.5 Å². The predicted molar refractivity (Wildman–Crippen MR) is 136 cm³/mol. The van der Waals surface area contributed by atoms with Gasteiger partial charge in [0.2, 0.25) is 5.91 Å². The van der Waals surface area contributed by atoms with Crippen LogP contribution in [0.3, 0.4) is 0 Å². The third kappa shape index (κ3) is 3.77. The highest BCUT2D eigenvalue weighted by atomic mass is 32.1. The minimum absolute atomic E-state index is 0.123. The fourth-order valence-electron chi connectivity index (χ4n) is 4.67. The summed E-state index contributed by atoms with van der Waals surface area (Å²) in [6, 6.07) is 16.8. The Hall–Kier alpha value is -3.98. The first-order chi connectivity index (χ1) is 17.1. The number of hydrogen-bond acceptors (Lipinski definition) is 6. The summed E-state index contributed by atoms with van der Waals surface area (Å²) in [6.45, 7) is -0.123. The summed E-state index contributed by atoms with van der Waals surface area (Å²) < 4.78 is 8.13. The Kier molecular flexibility index (Phi) is 5.33.